The van der Waals surface area contributed by atoms with Crippen molar-refractivity contribution in [3.8, 4) is 0 Å². The number of unbranched alkanes of at least 4 members (excludes halogenated alkanes) is 49. The van der Waals surface area contributed by atoms with Crippen molar-refractivity contribution in [3.05, 3.63) is 48.6 Å². The maximum atomic E-state index is 13.0. The predicted octanol–water partition coefficient (Wildman–Crippen LogP) is 25.3. The highest BCUT2D eigenvalue weighted by molar-refractivity contribution is 5.71. The average molecular weight is 1150 g/mol. The van der Waals surface area contributed by atoms with Crippen molar-refractivity contribution in [1.82, 2.24) is 0 Å². The molecule has 0 radical (unpaired) electrons. The SMILES string of the molecule is CCCCCCC/C=C\C/C=C\C/C=C\CCCCCCCCCCCCC(=O)OCC(COC(=O)CCCCCCCCCCCCCCCCCCCC)OC(=O)CCCCCCCCCCC/C=C\CCCCCCCCCC. The van der Waals surface area contributed by atoms with Crippen LogP contribution in [0.15, 0.2) is 48.6 Å². The largest absolute Gasteiger partial charge is 0.462 e. The molecular weight excluding hydrogens is 1010 g/mol. The Morgan fingerprint density at radius 1 is 0.244 bits per heavy atom. The highest BCUT2D eigenvalue weighted by Gasteiger charge is 2.19. The minimum Gasteiger partial charge on any atom is -0.462 e. The van der Waals surface area contributed by atoms with Gasteiger partial charge in [0.2, 0.25) is 0 Å². The molecule has 1 unspecified atom stereocenters. The topological polar surface area (TPSA) is 78.9 Å². The Labute approximate surface area is 511 Å². The summed E-state index contributed by atoms with van der Waals surface area (Å²) in [6, 6.07) is 0. The van der Waals surface area contributed by atoms with E-state index in [4.69, 9.17) is 14.2 Å². The summed E-state index contributed by atoms with van der Waals surface area (Å²) >= 11 is 0. The summed E-state index contributed by atoms with van der Waals surface area (Å²) in [6.07, 6.45) is 89.9. The zero-order chi connectivity index (χ0) is 59.2. The number of esters is 3. The van der Waals surface area contributed by atoms with E-state index in [-0.39, 0.29) is 31.1 Å². The van der Waals surface area contributed by atoms with Crippen LogP contribution < -0.4 is 0 Å². The number of carbonyl (C=O) groups is 3. The first-order valence-electron chi connectivity index (χ1n) is 36.6. The van der Waals surface area contributed by atoms with Gasteiger partial charge >= 0.3 is 17.9 Å². The van der Waals surface area contributed by atoms with Crippen molar-refractivity contribution in [2.24, 2.45) is 0 Å². The van der Waals surface area contributed by atoms with E-state index in [1.54, 1.807) is 0 Å². The van der Waals surface area contributed by atoms with E-state index in [0.29, 0.717) is 19.3 Å². The van der Waals surface area contributed by atoms with Crippen LogP contribution >= 0.6 is 0 Å². The van der Waals surface area contributed by atoms with Gasteiger partial charge in [-0.2, -0.15) is 0 Å². The lowest BCUT2D eigenvalue weighted by atomic mass is 10.0. The van der Waals surface area contributed by atoms with E-state index in [1.165, 1.54) is 289 Å². The second kappa shape index (κ2) is 70.9. The Morgan fingerprint density at radius 3 is 0.695 bits per heavy atom. The maximum Gasteiger partial charge on any atom is 0.306 e. The van der Waals surface area contributed by atoms with Gasteiger partial charge in [0, 0.05) is 19.3 Å². The molecule has 1 atom stereocenters. The lowest BCUT2D eigenvalue weighted by Gasteiger charge is -2.18. The molecule has 82 heavy (non-hydrogen) atoms. The van der Waals surface area contributed by atoms with Gasteiger partial charge in [-0.1, -0.05) is 345 Å². The summed E-state index contributed by atoms with van der Waals surface area (Å²) in [5.41, 5.74) is 0. The first-order valence-corrected chi connectivity index (χ1v) is 36.6. The number of hydrogen-bond acceptors (Lipinski definition) is 6. The third kappa shape index (κ3) is 68.2. The molecule has 0 fully saturated rings. The molecule has 0 aliphatic rings. The van der Waals surface area contributed by atoms with Crippen molar-refractivity contribution in [2.45, 2.75) is 406 Å². The second-order valence-electron chi connectivity index (χ2n) is 24.9. The van der Waals surface area contributed by atoms with Gasteiger partial charge in [0.15, 0.2) is 6.10 Å². The molecule has 0 N–H and O–H groups in total. The van der Waals surface area contributed by atoms with Gasteiger partial charge in [0.25, 0.3) is 0 Å². The van der Waals surface area contributed by atoms with Crippen molar-refractivity contribution < 1.29 is 28.6 Å². The Kier molecular flexibility index (Phi) is 68.6. The molecule has 0 amide bonds. The molecule has 0 aromatic carbocycles. The zero-order valence-corrected chi connectivity index (χ0v) is 55.3. The Balaban J connectivity index is 4.32. The van der Waals surface area contributed by atoms with Gasteiger partial charge in [-0.3, -0.25) is 14.4 Å². The second-order valence-corrected chi connectivity index (χ2v) is 24.9. The Morgan fingerprint density at radius 2 is 0.439 bits per heavy atom. The normalized spacial score (nSPS) is 12.3. The maximum absolute atomic E-state index is 13.0. The summed E-state index contributed by atoms with van der Waals surface area (Å²) in [5, 5.41) is 0. The van der Waals surface area contributed by atoms with Gasteiger partial charge < -0.3 is 14.2 Å². The van der Waals surface area contributed by atoms with Crippen LogP contribution in [0.2, 0.25) is 0 Å². The molecule has 0 aliphatic heterocycles. The molecule has 6 nitrogen and oxygen atoms in total. The smallest absolute Gasteiger partial charge is 0.306 e. The first-order chi connectivity index (χ1) is 40.5. The van der Waals surface area contributed by atoms with E-state index < -0.39 is 6.10 Å². The van der Waals surface area contributed by atoms with E-state index >= 15 is 0 Å². The predicted molar refractivity (Wildman–Crippen MR) is 358 cm³/mol. The third-order valence-electron chi connectivity index (χ3n) is 16.6. The standard InChI is InChI=1S/C76H140O6/c1-4-7-10-13-16-19-22-25-28-31-34-36-37-38-39-41-42-45-48-51-54-57-60-63-66-69-75(78)81-72-73(71-80-74(77)68-65-62-59-56-53-50-47-44-33-30-27-24-21-18-15-12-9-6-3)82-76(79)70-67-64-61-58-55-52-49-46-43-40-35-32-29-26-23-20-17-14-11-8-5-2/h22,25,31-32,34-35,37-38,73H,4-21,23-24,26-30,33,36,39-72H2,1-3H3/b25-22-,34-31-,35-32-,38-37-. The van der Waals surface area contributed by atoms with Crippen LogP contribution in [-0.2, 0) is 28.6 Å². The summed E-state index contributed by atoms with van der Waals surface area (Å²) in [7, 11) is 0. The fourth-order valence-corrected chi connectivity index (χ4v) is 11.0. The fourth-order valence-electron chi connectivity index (χ4n) is 11.0. The molecule has 0 bridgehead atoms. The Hall–Kier alpha value is -2.63. The first kappa shape index (κ1) is 79.4. The van der Waals surface area contributed by atoms with Crippen LogP contribution in [0, 0.1) is 0 Å². The van der Waals surface area contributed by atoms with E-state index in [0.717, 1.165) is 70.6 Å². The van der Waals surface area contributed by atoms with Gasteiger partial charge in [0.1, 0.15) is 13.2 Å². The van der Waals surface area contributed by atoms with Gasteiger partial charge in [-0.25, -0.2) is 0 Å². The number of carbonyl (C=O) groups excluding carboxylic acids is 3. The van der Waals surface area contributed by atoms with Crippen LogP contribution in [0.3, 0.4) is 0 Å². The van der Waals surface area contributed by atoms with Gasteiger partial charge in [-0.15, -0.1) is 0 Å². The van der Waals surface area contributed by atoms with Gasteiger partial charge in [0.05, 0.1) is 0 Å². The monoisotopic (exact) mass is 1150 g/mol. The summed E-state index contributed by atoms with van der Waals surface area (Å²) in [4.78, 5) is 38.5. The number of ether oxygens (including phenoxy) is 3. The Bertz CT molecular complexity index is 1410. The number of allylic oxidation sites excluding steroid dienone is 8. The summed E-state index contributed by atoms with van der Waals surface area (Å²) < 4.78 is 17.0. The molecule has 0 aromatic heterocycles. The zero-order valence-electron chi connectivity index (χ0n) is 55.3. The van der Waals surface area contributed by atoms with Crippen LogP contribution in [0.5, 0.6) is 0 Å². The highest BCUT2D eigenvalue weighted by Crippen LogP contribution is 2.18. The molecule has 0 saturated heterocycles. The van der Waals surface area contributed by atoms with Crippen molar-refractivity contribution >= 4 is 17.9 Å². The van der Waals surface area contributed by atoms with Crippen molar-refractivity contribution in [3.63, 3.8) is 0 Å². The van der Waals surface area contributed by atoms with Crippen molar-refractivity contribution in [1.29, 1.82) is 0 Å². The molecule has 0 aliphatic carbocycles. The van der Waals surface area contributed by atoms with Crippen LogP contribution in [0.4, 0.5) is 0 Å². The minimum atomic E-state index is -0.776. The molecule has 480 valence electrons. The average Bonchev–Trinajstić information content (AvgIpc) is 3.47. The molecular formula is C76H140O6. The third-order valence-corrected chi connectivity index (χ3v) is 16.6. The van der Waals surface area contributed by atoms with E-state index in [1.807, 2.05) is 0 Å². The highest BCUT2D eigenvalue weighted by atomic mass is 16.6. The molecule has 0 rings (SSSR count). The number of rotatable bonds is 68. The lowest BCUT2D eigenvalue weighted by Crippen LogP contribution is -2.30. The van der Waals surface area contributed by atoms with E-state index in [9.17, 15) is 14.4 Å². The summed E-state index contributed by atoms with van der Waals surface area (Å²) in [6.45, 7) is 6.70. The molecule has 0 spiro atoms. The molecule has 0 aromatic rings. The minimum absolute atomic E-state index is 0.0703. The van der Waals surface area contributed by atoms with Crippen LogP contribution in [0.1, 0.15) is 400 Å². The van der Waals surface area contributed by atoms with Crippen molar-refractivity contribution in [2.75, 3.05) is 13.2 Å². The molecule has 0 saturated carbocycles. The fraction of sp³-hybridized carbons (Fsp3) is 0.855. The number of hydrogen-bond donors (Lipinski definition) is 0. The lowest BCUT2D eigenvalue weighted by molar-refractivity contribution is -0.167. The summed E-state index contributed by atoms with van der Waals surface area (Å²) in [5.74, 6) is -0.847. The molecule has 6 heteroatoms. The quantitative estimate of drug-likeness (QED) is 0.0261. The van der Waals surface area contributed by atoms with Crippen LogP contribution in [0.25, 0.3) is 0 Å². The van der Waals surface area contributed by atoms with E-state index in [2.05, 4.69) is 69.4 Å². The van der Waals surface area contributed by atoms with Crippen LogP contribution in [-0.4, -0.2) is 37.2 Å². The molecule has 0 heterocycles. The van der Waals surface area contributed by atoms with Gasteiger partial charge in [-0.05, 0) is 83.5 Å².